The second kappa shape index (κ2) is 7.59. The highest BCUT2D eigenvalue weighted by Crippen LogP contribution is 2.42. The van der Waals surface area contributed by atoms with Crippen LogP contribution in [0.15, 0.2) is 12.1 Å². The maximum Gasteiger partial charge on any atom is 0.391 e. The van der Waals surface area contributed by atoms with Gasteiger partial charge in [-0.15, -0.1) is 0 Å². The Balaban J connectivity index is 1.60. The van der Waals surface area contributed by atoms with Crippen molar-refractivity contribution in [2.24, 2.45) is 5.92 Å². The molecule has 0 bridgehead atoms. The highest BCUT2D eigenvalue weighted by molar-refractivity contribution is 5.73. The van der Waals surface area contributed by atoms with Gasteiger partial charge in [0, 0.05) is 31.1 Å². The summed E-state index contributed by atoms with van der Waals surface area (Å²) in [5.41, 5.74) is 3.07. The summed E-state index contributed by atoms with van der Waals surface area (Å²) >= 11 is 0. The van der Waals surface area contributed by atoms with Crippen molar-refractivity contribution in [3.63, 3.8) is 0 Å². The van der Waals surface area contributed by atoms with E-state index in [0.29, 0.717) is 38.2 Å². The average molecular weight is 410 g/mol. The number of halogens is 3. The molecule has 1 atom stereocenters. The number of aryl methyl sites for hydroxylation is 1. The van der Waals surface area contributed by atoms with Crippen LogP contribution in [0.25, 0.3) is 5.65 Å². The number of carbonyl (C=O) groups is 1. The SMILES string of the molecule is CC(=O)N1CCO[C@@H](c2cc(C)nc3cc(C4CCC(C(F)(F)F)CC4)nn23)C1. The molecule has 9 heteroatoms. The lowest BCUT2D eigenvalue weighted by Gasteiger charge is -2.32. The minimum absolute atomic E-state index is 0.00269. The molecular formula is C20H25F3N4O2. The van der Waals surface area contributed by atoms with E-state index < -0.39 is 12.1 Å². The zero-order chi connectivity index (χ0) is 20.8. The minimum Gasteiger partial charge on any atom is -0.368 e. The average Bonchev–Trinajstić information content (AvgIpc) is 3.10. The Bertz CT molecular complexity index is 903. The van der Waals surface area contributed by atoms with Crippen molar-refractivity contribution < 1.29 is 22.7 Å². The van der Waals surface area contributed by atoms with Crippen molar-refractivity contribution >= 4 is 11.6 Å². The molecule has 1 saturated heterocycles. The second-order valence-corrected chi connectivity index (χ2v) is 8.08. The summed E-state index contributed by atoms with van der Waals surface area (Å²) < 4.78 is 46.5. The number of hydrogen-bond acceptors (Lipinski definition) is 4. The summed E-state index contributed by atoms with van der Waals surface area (Å²) in [7, 11) is 0. The van der Waals surface area contributed by atoms with E-state index >= 15 is 0 Å². The number of alkyl halides is 3. The maximum atomic E-state index is 13.0. The van der Waals surface area contributed by atoms with E-state index in [1.165, 1.54) is 0 Å². The van der Waals surface area contributed by atoms with Crippen LogP contribution in [0.1, 0.15) is 61.7 Å². The molecule has 0 N–H and O–H groups in total. The molecule has 6 nitrogen and oxygen atoms in total. The van der Waals surface area contributed by atoms with Gasteiger partial charge in [0.15, 0.2) is 5.65 Å². The highest BCUT2D eigenvalue weighted by atomic mass is 19.4. The van der Waals surface area contributed by atoms with E-state index in [1.54, 1.807) is 16.3 Å². The highest BCUT2D eigenvalue weighted by Gasteiger charge is 2.42. The summed E-state index contributed by atoms with van der Waals surface area (Å²) in [6, 6.07) is 3.78. The number of rotatable bonds is 2. The number of amides is 1. The molecule has 2 aromatic heterocycles. The van der Waals surface area contributed by atoms with E-state index in [2.05, 4.69) is 4.98 Å². The first kappa shape index (κ1) is 20.1. The normalized spacial score (nSPS) is 26.1. The van der Waals surface area contributed by atoms with Gasteiger partial charge in [0.25, 0.3) is 0 Å². The number of morpholine rings is 1. The molecular weight excluding hydrogens is 385 g/mol. The molecule has 1 aliphatic heterocycles. The van der Waals surface area contributed by atoms with Crippen LogP contribution in [0.5, 0.6) is 0 Å². The molecule has 2 fully saturated rings. The fourth-order valence-corrected chi connectivity index (χ4v) is 4.41. The smallest absolute Gasteiger partial charge is 0.368 e. The van der Waals surface area contributed by atoms with Gasteiger partial charge in [0.2, 0.25) is 5.91 Å². The van der Waals surface area contributed by atoms with E-state index in [-0.39, 0.29) is 30.8 Å². The lowest BCUT2D eigenvalue weighted by Crippen LogP contribution is -2.41. The van der Waals surface area contributed by atoms with Gasteiger partial charge in [-0.2, -0.15) is 18.3 Å². The van der Waals surface area contributed by atoms with Crippen molar-refractivity contribution in [2.45, 2.75) is 57.7 Å². The summed E-state index contributed by atoms with van der Waals surface area (Å²) in [6.45, 7) is 4.88. The molecule has 0 radical (unpaired) electrons. The van der Waals surface area contributed by atoms with Gasteiger partial charge in [-0.1, -0.05) is 0 Å². The first-order valence-corrected chi connectivity index (χ1v) is 10.0. The van der Waals surface area contributed by atoms with E-state index in [1.807, 2.05) is 19.1 Å². The van der Waals surface area contributed by atoms with Gasteiger partial charge in [-0.25, -0.2) is 9.50 Å². The lowest BCUT2D eigenvalue weighted by molar-refractivity contribution is -0.182. The molecule has 4 rings (SSSR count). The first-order chi connectivity index (χ1) is 13.7. The predicted octanol–water partition coefficient (Wildman–Crippen LogP) is 3.79. The summed E-state index contributed by atoms with van der Waals surface area (Å²) in [5.74, 6) is -1.20. The summed E-state index contributed by atoms with van der Waals surface area (Å²) in [4.78, 5) is 18.1. The second-order valence-electron chi connectivity index (χ2n) is 8.08. The molecule has 0 unspecified atom stereocenters. The van der Waals surface area contributed by atoms with Crippen molar-refractivity contribution in [3.05, 3.63) is 29.2 Å². The monoisotopic (exact) mass is 410 g/mol. The Morgan fingerprint density at radius 3 is 2.59 bits per heavy atom. The van der Waals surface area contributed by atoms with Crippen LogP contribution in [-0.4, -0.2) is 51.3 Å². The molecule has 2 aromatic rings. The number of aromatic nitrogens is 3. The molecule has 0 spiro atoms. The number of hydrogen-bond donors (Lipinski definition) is 0. The number of fused-ring (bicyclic) bond motifs is 1. The Hall–Kier alpha value is -2.16. The quantitative estimate of drug-likeness (QED) is 0.756. The van der Waals surface area contributed by atoms with Crippen LogP contribution < -0.4 is 0 Å². The standard InChI is InChI=1S/C20H25F3N4O2/c1-12-9-17(18-11-26(13(2)28)7-8-29-18)27-19(24-12)10-16(25-27)14-3-5-15(6-4-14)20(21,22)23/h9-10,14-15,18H,3-8,11H2,1-2H3/t14?,15?,18-/m1/s1. The minimum atomic E-state index is -4.11. The van der Waals surface area contributed by atoms with Crippen LogP contribution in [0, 0.1) is 12.8 Å². The van der Waals surface area contributed by atoms with Crippen molar-refractivity contribution in [3.8, 4) is 0 Å². The van der Waals surface area contributed by atoms with Crippen molar-refractivity contribution in [1.82, 2.24) is 19.5 Å². The van der Waals surface area contributed by atoms with Crippen LogP contribution in [-0.2, 0) is 9.53 Å². The largest absolute Gasteiger partial charge is 0.391 e. The van der Waals surface area contributed by atoms with Crippen molar-refractivity contribution in [2.75, 3.05) is 19.7 Å². The third-order valence-electron chi connectivity index (χ3n) is 6.05. The van der Waals surface area contributed by atoms with Gasteiger partial charge in [-0.3, -0.25) is 4.79 Å². The van der Waals surface area contributed by atoms with Crippen molar-refractivity contribution in [1.29, 1.82) is 0 Å². The summed E-state index contributed by atoms with van der Waals surface area (Å²) in [5, 5.41) is 4.70. The zero-order valence-electron chi connectivity index (χ0n) is 16.6. The lowest BCUT2D eigenvalue weighted by atomic mass is 9.80. The van der Waals surface area contributed by atoms with Gasteiger partial charge in [0.1, 0.15) is 6.10 Å². The zero-order valence-corrected chi connectivity index (χ0v) is 16.6. The number of carbonyl (C=O) groups excluding carboxylic acids is 1. The molecule has 1 amide bonds. The van der Waals surface area contributed by atoms with E-state index in [9.17, 15) is 18.0 Å². The third-order valence-corrected chi connectivity index (χ3v) is 6.05. The number of ether oxygens (including phenoxy) is 1. The van der Waals surface area contributed by atoms with Crippen LogP contribution in [0.3, 0.4) is 0 Å². The third kappa shape index (κ3) is 4.10. The number of nitrogens with zero attached hydrogens (tertiary/aromatic N) is 4. The van der Waals surface area contributed by atoms with Gasteiger partial charge < -0.3 is 9.64 Å². The van der Waals surface area contributed by atoms with Gasteiger partial charge >= 0.3 is 6.18 Å². The molecule has 2 aliphatic rings. The fraction of sp³-hybridized carbons (Fsp3) is 0.650. The molecule has 0 aromatic carbocycles. The molecule has 158 valence electrons. The van der Waals surface area contributed by atoms with Gasteiger partial charge in [-0.05, 0) is 38.7 Å². The Kier molecular flexibility index (Phi) is 5.27. The summed E-state index contributed by atoms with van der Waals surface area (Å²) in [6.07, 6.45) is -3.20. The Morgan fingerprint density at radius 1 is 1.21 bits per heavy atom. The topological polar surface area (TPSA) is 59.7 Å². The Morgan fingerprint density at radius 2 is 1.93 bits per heavy atom. The first-order valence-electron chi connectivity index (χ1n) is 10.0. The maximum absolute atomic E-state index is 13.0. The van der Waals surface area contributed by atoms with Crippen LogP contribution in [0.4, 0.5) is 13.2 Å². The van der Waals surface area contributed by atoms with Gasteiger partial charge in [0.05, 0.1) is 30.5 Å². The molecule has 3 heterocycles. The Labute approximate surface area is 167 Å². The van der Waals surface area contributed by atoms with Crippen LogP contribution in [0.2, 0.25) is 0 Å². The van der Waals surface area contributed by atoms with E-state index in [0.717, 1.165) is 17.1 Å². The molecule has 29 heavy (non-hydrogen) atoms. The molecule has 1 aliphatic carbocycles. The fourth-order valence-electron chi connectivity index (χ4n) is 4.41. The molecule has 1 saturated carbocycles. The predicted molar refractivity (Wildman–Crippen MR) is 99.4 cm³/mol. The van der Waals surface area contributed by atoms with E-state index in [4.69, 9.17) is 9.84 Å². The van der Waals surface area contributed by atoms with Crippen LogP contribution >= 0.6 is 0 Å².